The smallest absolute Gasteiger partial charge is 0.291 e. The molecule has 2 aromatic carbocycles. The molecule has 1 heterocycles. The molecule has 0 saturated heterocycles. The number of para-hydroxylation sites is 1. The van der Waals surface area contributed by atoms with Gasteiger partial charge in [0, 0.05) is 0 Å². The molecule has 0 saturated carbocycles. The number of rotatable bonds is 6. The van der Waals surface area contributed by atoms with Crippen molar-refractivity contribution in [3.8, 4) is 11.5 Å². The van der Waals surface area contributed by atoms with Gasteiger partial charge in [0.05, 0.1) is 12.8 Å². The Morgan fingerprint density at radius 1 is 1.04 bits per heavy atom. The van der Waals surface area contributed by atoms with Crippen molar-refractivity contribution in [2.24, 2.45) is 0 Å². The Kier molecular flexibility index (Phi) is 5.73. The molecule has 0 aliphatic rings. The lowest BCUT2D eigenvalue weighted by atomic mass is 9.87. The van der Waals surface area contributed by atoms with Gasteiger partial charge in [-0.2, -0.15) is 0 Å². The molecular weight excluding hydrogens is 354 g/mol. The number of anilines is 1. The average Bonchev–Trinajstić information content (AvgIpc) is 3.15. The quantitative estimate of drug-likeness (QED) is 0.621. The highest BCUT2D eigenvalue weighted by atomic mass is 16.5. The van der Waals surface area contributed by atoms with Gasteiger partial charge in [-0.05, 0) is 47.4 Å². The van der Waals surface area contributed by atoms with Crippen molar-refractivity contribution in [1.82, 2.24) is 0 Å². The second-order valence-corrected chi connectivity index (χ2v) is 7.49. The predicted molar refractivity (Wildman–Crippen MR) is 109 cm³/mol. The van der Waals surface area contributed by atoms with Crippen LogP contribution in [0.15, 0.2) is 65.1 Å². The summed E-state index contributed by atoms with van der Waals surface area (Å²) >= 11 is 0. The van der Waals surface area contributed by atoms with E-state index in [0.29, 0.717) is 17.2 Å². The van der Waals surface area contributed by atoms with Gasteiger partial charge in [-0.15, -0.1) is 0 Å². The number of ether oxygens (including phenoxy) is 2. The summed E-state index contributed by atoms with van der Waals surface area (Å²) in [5.41, 5.74) is 1.66. The SMILES string of the molecule is COc1ccc(C(C)(C)C)cc1NC(=O)c1ccc(COc2ccccc2)o1. The molecule has 0 unspecified atom stereocenters. The number of benzene rings is 2. The second-order valence-electron chi connectivity index (χ2n) is 7.49. The second kappa shape index (κ2) is 8.21. The Bertz CT molecular complexity index is 939. The van der Waals surface area contributed by atoms with Gasteiger partial charge in [0.15, 0.2) is 5.76 Å². The van der Waals surface area contributed by atoms with E-state index >= 15 is 0 Å². The van der Waals surface area contributed by atoms with Crippen LogP contribution in [0.25, 0.3) is 0 Å². The fraction of sp³-hybridized carbons (Fsp3) is 0.261. The summed E-state index contributed by atoms with van der Waals surface area (Å²) in [6, 6.07) is 18.6. The summed E-state index contributed by atoms with van der Waals surface area (Å²) in [6.07, 6.45) is 0. The van der Waals surface area contributed by atoms with Crippen LogP contribution < -0.4 is 14.8 Å². The third kappa shape index (κ3) is 4.74. The largest absolute Gasteiger partial charge is 0.495 e. The van der Waals surface area contributed by atoms with Gasteiger partial charge < -0.3 is 19.2 Å². The van der Waals surface area contributed by atoms with Gasteiger partial charge in [-0.1, -0.05) is 45.0 Å². The van der Waals surface area contributed by atoms with Gasteiger partial charge >= 0.3 is 0 Å². The molecule has 0 fully saturated rings. The lowest BCUT2D eigenvalue weighted by Gasteiger charge is -2.21. The maximum Gasteiger partial charge on any atom is 0.291 e. The van der Waals surface area contributed by atoms with Crippen molar-refractivity contribution in [3.63, 3.8) is 0 Å². The summed E-state index contributed by atoms with van der Waals surface area (Å²) in [5, 5.41) is 2.88. The normalized spacial score (nSPS) is 11.1. The maximum atomic E-state index is 12.6. The fourth-order valence-corrected chi connectivity index (χ4v) is 2.70. The van der Waals surface area contributed by atoms with Crippen LogP contribution >= 0.6 is 0 Å². The van der Waals surface area contributed by atoms with Gasteiger partial charge in [0.2, 0.25) is 0 Å². The molecule has 0 radical (unpaired) electrons. The molecule has 0 aliphatic carbocycles. The van der Waals surface area contributed by atoms with Crippen LogP contribution in [-0.2, 0) is 12.0 Å². The zero-order valence-electron chi connectivity index (χ0n) is 16.6. The molecule has 3 rings (SSSR count). The average molecular weight is 379 g/mol. The van der Waals surface area contributed by atoms with Crippen molar-refractivity contribution in [2.45, 2.75) is 32.8 Å². The third-order valence-electron chi connectivity index (χ3n) is 4.32. The van der Waals surface area contributed by atoms with Crippen LogP contribution in [0.3, 0.4) is 0 Å². The highest BCUT2D eigenvalue weighted by molar-refractivity contribution is 6.03. The fourth-order valence-electron chi connectivity index (χ4n) is 2.70. The number of carbonyl (C=O) groups is 1. The van der Waals surface area contributed by atoms with E-state index in [1.54, 1.807) is 19.2 Å². The molecule has 3 aromatic rings. The third-order valence-corrected chi connectivity index (χ3v) is 4.32. The van der Waals surface area contributed by atoms with Gasteiger partial charge in [-0.25, -0.2) is 0 Å². The summed E-state index contributed by atoms with van der Waals surface area (Å²) < 4.78 is 16.7. The summed E-state index contributed by atoms with van der Waals surface area (Å²) in [7, 11) is 1.58. The number of methoxy groups -OCH3 is 1. The highest BCUT2D eigenvalue weighted by Crippen LogP contribution is 2.31. The lowest BCUT2D eigenvalue weighted by molar-refractivity contribution is 0.0992. The molecule has 5 heteroatoms. The van der Waals surface area contributed by atoms with Gasteiger partial charge in [0.1, 0.15) is 23.9 Å². The van der Waals surface area contributed by atoms with E-state index in [9.17, 15) is 4.79 Å². The molecule has 1 N–H and O–H groups in total. The number of amides is 1. The van der Waals surface area contributed by atoms with Crippen LogP contribution in [0.5, 0.6) is 11.5 Å². The molecule has 5 nitrogen and oxygen atoms in total. The minimum absolute atomic E-state index is 0.0433. The molecule has 28 heavy (non-hydrogen) atoms. The Balaban J connectivity index is 1.70. The Morgan fingerprint density at radius 3 is 2.46 bits per heavy atom. The van der Waals surface area contributed by atoms with Crippen LogP contribution in [0.2, 0.25) is 0 Å². The molecule has 146 valence electrons. The van der Waals surface area contributed by atoms with E-state index < -0.39 is 0 Å². The van der Waals surface area contributed by atoms with E-state index in [2.05, 4.69) is 26.1 Å². The van der Waals surface area contributed by atoms with Crippen LogP contribution in [-0.4, -0.2) is 13.0 Å². The van der Waals surface area contributed by atoms with Crippen molar-refractivity contribution in [2.75, 3.05) is 12.4 Å². The van der Waals surface area contributed by atoms with Crippen LogP contribution in [0.4, 0.5) is 5.69 Å². The molecule has 1 amide bonds. The number of furan rings is 1. The summed E-state index contributed by atoms with van der Waals surface area (Å²) in [6.45, 7) is 6.60. The number of nitrogens with one attached hydrogen (secondary N) is 1. The zero-order valence-corrected chi connectivity index (χ0v) is 16.6. The predicted octanol–water partition coefficient (Wildman–Crippen LogP) is 5.42. The Morgan fingerprint density at radius 2 is 1.79 bits per heavy atom. The topological polar surface area (TPSA) is 60.7 Å². The number of hydrogen-bond acceptors (Lipinski definition) is 4. The van der Waals surface area contributed by atoms with Crippen molar-refractivity contribution >= 4 is 11.6 Å². The molecule has 0 aliphatic heterocycles. The van der Waals surface area contributed by atoms with Crippen LogP contribution in [0, 0.1) is 0 Å². The van der Waals surface area contributed by atoms with Gasteiger partial charge in [0.25, 0.3) is 5.91 Å². The van der Waals surface area contributed by atoms with Crippen molar-refractivity contribution < 1.29 is 18.7 Å². The first kappa shape index (κ1) is 19.5. The Labute approximate surface area is 165 Å². The Hall–Kier alpha value is -3.21. The van der Waals surface area contributed by atoms with Crippen molar-refractivity contribution in [3.05, 3.63) is 77.7 Å². The van der Waals surface area contributed by atoms with E-state index in [1.165, 1.54) is 0 Å². The van der Waals surface area contributed by atoms with E-state index in [-0.39, 0.29) is 23.7 Å². The molecule has 0 atom stereocenters. The first-order valence-corrected chi connectivity index (χ1v) is 9.13. The molecular formula is C23H25NO4. The van der Waals surface area contributed by atoms with Gasteiger partial charge in [-0.3, -0.25) is 4.79 Å². The zero-order chi connectivity index (χ0) is 20.1. The molecule has 0 spiro atoms. The standard InChI is InChI=1S/C23H25NO4/c1-23(2,3)16-10-12-20(26-4)19(14-16)24-22(25)21-13-11-18(28-21)15-27-17-8-6-5-7-9-17/h5-14H,15H2,1-4H3,(H,24,25). The maximum absolute atomic E-state index is 12.6. The minimum Gasteiger partial charge on any atom is -0.495 e. The highest BCUT2D eigenvalue weighted by Gasteiger charge is 2.18. The minimum atomic E-state index is -0.338. The van der Waals surface area contributed by atoms with E-state index in [4.69, 9.17) is 13.9 Å². The van der Waals surface area contributed by atoms with E-state index in [1.807, 2.05) is 48.5 Å². The monoisotopic (exact) mass is 379 g/mol. The van der Waals surface area contributed by atoms with E-state index in [0.717, 1.165) is 11.3 Å². The summed E-state index contributed by atoms with van der Waals surface area (Å²) in [4.78, 5) is 12.6. The number of carbonyl (C=O) groups excluding carboxylic acids is 1. The number of hydrogen-bond donors (Lipinski definition) is 1. The first-order valence-electron chi connectivity index (χ1n) is 9.13. The van der Waals surface area contributed by atoms with Crippen molar-refractivity contribution in [1.29, 1.82) is 0 Å². The summed E-state index contributed by atoms with van der Waals surface area (Å²) in [5.74, 6) is 1.80. The lowest BCUT2D eigenvalue weighted by Crippen LogP contribution is -2.15. The van der Waals surface area contributed by atoms with Crippen LogP contribution in [0.1, 0.15) is 42.6 Å². The first-order chi connectivity index (χ1) is 13.4. The molecule has 0 bridgehead atoms. The molecule has 1 aromatic heterocycles.